The lowest BCUT2D eigenvalue weighted by molar-refractivity contribution is -0.132. The zero-order valence-electron chi connectivity index (χ0n) is 12.6. The van der Waals surface area contributed by atoms with Gasteiger partial charge < -0.3 is 5.11 Å². The Morgan fingerprint density at radius 2 is 1.85 bits per heavy atom. The summed E-state index contributed by atoms with van der Waals surface area (Å²) in [5.74, 6) is -0.800. The second-order valence-electron chi connectivity index (χ2n) is 4.66. The number of hydrogen-bond acceptors (Lipinski definition) is 1. The first-order chi connectivity index (χ1) is 9.61. The summed E-state index contributed by atoms with van der Waals surface area (Å²) in [7, 11) is 0. The molecule has 0 bridgehead atoms. The smallest absolute Gasteiger partial charge is 0.330 e. The molecule has 0 amide bonds. The molecular formula is C18H26O2. The molecule has 1 aromatic rings. The van der Waals surface area contributed by atoms with Crippen LogP contribution in [-0.2, 0) is 4.79 Å². The third-order valence-electron chi connectivity index (χ3n) is 2.88. The SMILES string of the molecule is C=Cc1ccccc1.CCCCCC/C=C(\C)C(=O)O. The third-order valence-corrected chi connectivity index (χ3v) is 2.88. The van der Waals surface area contributed by atoms with E-state index in [1.807, 2.05) is 36.4 Å². The first kappa shape index (κ1) is 18.2. The molecule has 0 fully saturated rings. The van der Waals surface area contributed by atoms with E-state index in [0.29, 0.717) is 5.57 Å². The fourth-order valence-corrected chi connectivity index (χ4v) is 1.57. The number of aliphatic carboxylic acids is 1. The Kier molecular flexibility index (Phi) is 11.1. The van der Waals surface area contributed by atoms with Crippen molar-refractivity contribution in [3.05, 3.63) is 54.1 Å². The van der Waals surface area contributed by atoms with Crippen LogP contribution in [0, 0.1) is 0 Å². The van der Waals surface area contributed by atoms with Crippen molar-refractivity contribution in [3.8, 4) is 0 Å². The maximum Gasteiger partial charge on any atom is 0.330 e. The maximum absolute atomic E-state index is 10.4. The average molecular weight is 274 g/mol. The Labute approximate surface area is 122 Å². The number of allylic oxidation sites excluding steroid dienone is 1. The Morgan fingerprint density at radius 3 is 2.30 bits per heavy atom. The van der Waals surface area contributed by atoms with Gasteiger partial charge in [-0.3, -0.25) is 0 Å². The molecule has 2 nitrogen and oxygen atoms in total. The number of carboxylic acids is 1. The fraction of sp³-hybridized carbons (Fsp3) is 0.389. The average Bonchev–Trinajstić information content (AvgIpc) is 2.48. The van der Waals surface area contributed by atoms with Gasteiger partial charge in [-0.05, 0) is 25.3 Å². The molecule has 0 atom stereocenters. The zero-order valence-corrected chi connectivity index (χ0v) is 12.6. The van der Waals surface area contributed by atoms with Gasteiger partial charge in [0.2, 0.25) is 0 Å². The van der Waals surface area contributed by atoms with Crippen LogP contribution in [0.3, 0.4) is 0 Å². The van der Waals surface area contributed by atoms with E-state index in [2.05, 4.69) is 13.5 Å². The van der Waals surface area contributed by atoms with Gasteiger partial charge in [0.25, 0.3) is 0 Å². The molecule has 0 aliphatic heterocycles. The van der Waals surface area contributed by atoms with Crippen LogP contribution in [0.2, 0.25) is 0 Å². The molecule has 0 aliphatic rings. The fourth-order valence-electron chi connectivity index (χ4n) is 1.57. The van der Waals surface area contributed by atoms with Crippen molar-refractivity contribution in [1.82, 2.24) is 0 Å². The van der Waals surface area contributed by atoms with Crippen LogP contribution in [0.4, 0.5) is 0 Å². The van der Waals surface area contributed by atoms with E-state index in [4.69, 9.17) is 5.11 Å². The maximum atomic E-state index is 10.4. The predicted octanol–water partition coefficient (Wildman–Crippen LogP) is 5.32. The number of unbranched alkanes of at least 4 members (excludes halogenated alkanes) is 4. The number of benzene rings is 1. The Bertz CT molecular complexity index is 405. The number of hydrogen-bond donors (Lipinski definition) is 1. The first-order valence-electron chi connectivity index (χ1n) is 7.19. The lowest BCUT2D eigenvalue weighted by atomic mass is 10.1. The molecule has 0 saturated heterocycles. The standard InChI is InChI=1S/C10H18O2.C8H8/c1-3-4-5-6-7-8-9(2)10(11)12;1-2-8-6-4-3-5-7-8/h8H,3-7H2,1-2H3,(H,11,12);2-7H,1H2/b9-8+;. The Morgan fingerprint density at radius 1 is 1.20 bits per heavy atom. The molecule has 0 heterocycles. The van der Waals surface area contributed by atoms with Gasteiger partial charge in [-0.25, -0.2) is 4.79 Å². The normalized spacial score (nSPS) is 10.4. The molecule has 0 unspecified atom stereocenters. The molecule has 20 heavy (non-hydrogen) atoms. The van der Waals surface area contributed by atoms with Crippen molar-refractivity contribution in [3.63, 3.8) is 0 Å². The summed E-state index contributed by atoms with van der Waals surface area (Å²) < 4.78 is 0. The monoisotopic (exact) mass is 274 g/mol. The van der Waals surface area contributed by atoms with Crippen LogP contribution < -0.4 is 0 Å². The Hall–Kier alpha value is -1.83. The molecule has 1 N–H and O–H groups in total. The second kappa shape index (κ2) is 12.2. The summed E-state index contributed by atoms with van der Waals surface area (Å²) in [6.07, 6.45) is 9.33. The summed E-state index contributed by atoms with van der Waals surface area (Å²) >= 11 is 0. The molecule has 1 aromatic carbocycles. The molecule has 1 rings (SSSR count). The van der Waals surface area contributed by atoms with Crippen LogP contribution in [-0.4, -0.2) is 11.1 Å². The van der Waals surface area contributed by atoms with Gasteiger partial charge >= 0.3 is 5.97 Å². The third kappa shape index (κ3) is 10.1. The van der Waals surface area contributed by atoms with Gasteiger partial charge in [-0.2, -0.15) is 0 Å². The predicted molar refractivity (Wildman–Crippen MR) is 86.7 cm³/mol. The van der Waals surface area contributed by atoms with Crippen LogP contribution in [0.25, 0.3) is 6.08 Å². The van der Waals surface area contributed by atoms with Gasteiger partial charge in [0, 0.05) is 5.57 Å². The van der Waals surface area contributed by atoms with E-state index in [-0.39, 0.29) is 0 Å². The lowest BCUT2D eigenvalue weighted by Crippen LogP contribution is -1.95. The van der Waals surface area contributed by atoms with Crippen LogP contribution >= 0.6 is 0 Å². The number of rotatable bonds is 7. The summed E-state index contributed by atoms with van der Waals surface area (Å²) in [5.41, 5.74) is 1.64. The van der Waals surface area contributed by atoms with Gasteiger partial charge in [0.15, 0.2) is 0 Å². The van der Waals surface area contributed by atoms with Crippen molar-refractivity contribution in [2.75, 3.05) is 0 Å². The number of carbonyl (C=O) groups is 1. The van der Waals surface area contributed by atoms with E-state index in [1.165, 1.54) is 24.8 Å². The highest BCUT2D eigenvalue weighted by Gasteiger charge is 1.97. The van der Waals surface area contributed by atoms with E-state index in [1.54, 1.807) is 13.0 Å². The van der Waals surface area contributed by atoms with E-state index >= 15 is 0 Å². The van der Waals surface area contributed by atoms with Gasteiger partial charge in [0.05, 0.1) is 0 Å². The summed E-state index contributed by atoms with van der Waals surface area (Å²) in [6, 6.07) is 10.0. The van der Waals surface area contributed by atoms with Gasteiger partial charge in [0.1, 0.15) is 0 Å². The van der Waals surface area contributed by atoms with Crippen molar-refractivity contribution < 1.29 is 9.90 Å². The van der Waals surface area contributed by atoms with Crippen LogP contribution in [0.5, 0.6) is 0 Å². The highest BCUT2D eigenvalue weighted by atomic mass is 16.4. The zero-order chi connectivity index (χ0) is 15.2. The van der Waals surface area contributed by atoms with E-state index in [0.717, 1.165) is 12.8 Å². The van der Waals surface area contributed by atoms with E-state index in [9.17, 15) is 4.79 Å². The van der Waals surface area contributed by atoms with Crippen molar-refractivity contribution in [1.29, 1.82) is 0 Å². The van der Waals surface area contributed by atoms with Crippen molar-refractivity contribution in [2.24, 2.45) is 0 Å². The van der Waals surface area contributed by atoms with E-state index < -0.39 is 5.97 Å². The first-order valence-corrected chi connectivity index (χ1v) is 7.19. The van der Waals surface area contributed by atoms with Crippen LogP contribution in [0.15, 0.2) is 48.6 Å². The second-order valence-corrected chi connectivity index (χ2v) is 4.66. The Balaban J connectivity index is 0.000000388. The molecule has 0 saturated carbocycles. The molecule has 0 aromatic heterocycles. The van der Waals surface area contributed by atoms with Gasteiger partial charge in [-0.1, -0.05) is 75.2 Å². The summed E-state index contributed by atoms with van der Waals surface area (Å²) in [4.78, 5) is 10.4. The number of carboxylic acid groups (broad SMARTS) is 1. The lowest BCUT2D eigenvalue weighted by Gasteiger charge is -1.95. The largest absolute Gasteiger partial charge is 0.478 e. The van der Waals surface area contributed by atoms with Crippen LogP contribution in [0.1, 0.15) is 51.5 Å². The quantitative estimate of drug-likeness (QED) is 0.540. The summed E-state index contributed by atoms with van der Waals surface area (Å²) in [6.45, 7) is 7.44. The van der Waals surface area contributed by atoms with Crippen molar-refractivity contribution in [2.45, 2.75) is 46.0 Å². The minimum atomic E-state index is -0.800. The van der Waals surface area contributed by atoms with Crippen molar-refractivity contribution >= 4 is 12.0 Å². The molecule has 2 heteroatoms. The highest BCUT2D eigenvalue weighted by molar-refractivity contribution is 5.85. The molecule has 110 valence electrons. The highest BCUT2D eigenvalue weighted by Crippen LogP contribution is 2.05. The molecule has 0 radical (unpaired) electrons. The topological polar surface area (TPSA) is 37.3 Å². The van der Waals surface area contributed by atoms with Gasteiger partial charge in [-0.15, -0.1) is 0 Å². The molecule has 0 aliphatic carbocycles. The molecular weight excluding hydrogens is 248 g/mol. The minimum Gasteiger partial charge on any atom is -0.478 e. The minimum absolute atomic E-state index is 0.464. The molecule has 0 spiro atoms. The summed E-state index contributed by atoms with van der Waals surface area (Å²) in [5, 5.41) is 8.52.